The van der Waals surface area contributed by atoms with E-state index >= 15 is 0 Å². The van der Waals surface area contributed by atoms with E-state index < -0.39 is 0 Å². The lowest BCUT2D eigenvalue weighted by Crippen LogP contribution is -2.29. The maximum atomic E-state index is 8.83. The van der Waals surface area contributed by atoms with Gasteiger partial charge in [-0.15, -0.1) is 0 Å². The predicted octanol–water partition coefficient (Wildman–Crippen LogP) is 1.50. The van der Waals surface area contributed by atoms with Crippen LogP contribution >= 0.6 is 0 Å². The molecule has 0 aliphatic rings. The van der Waals surface area contributed by atoms with Crippen molar-refractivity contribution in [3.8, 4) is 17.6 Å². The molecular weight excluding hydrogens is 266 g/mol. The van der Waals surface area contributed by atoms with Crippen molar-refractivity contribution in [1.29, 1.82) is 0 Å². The fraction of sp³-hybridized carbons (Fsp3) is 0.529. The predicted molar refractivity (Wildman–Crippen MR) is 84.3 cm³/mol. The lowest BCUT2D eigenvalue weighted by Gasteiger charge is -2.19. The van der Waals surface area contributed by atoms with Gasteiger partial charge in [-0.3, -0.25) is 0 Å². The van der Waals surface area contributed by atoms with Crippen molar-refractivity contribution in [2.75, 3.05) is 39.5 Å². The third-order valence-corrected chi connectivity index (χ3v) is 3.08. The highest BCUT2D eigenvalue weighted by Crippen LogP contribution is 2.11. The summed E-state index contributed by atoms with van der Waals surface area (Å²) in [6.07, 6.45) is 1.30. The van der Waals surface area contributed by atoms with E-state index in [2.05, 4.69) is 23.7 Å². The van der Waals surface area contributed by atoms with Crippen LogP contribution < -0.4 is 4.74 Å². The van der Waals surface area contributed by atoms with Crippen molar-refractivity contribution in [2.45, 2.75) is 19.8 Å². The zero-order valence-electron chi connectivity index (χ0n) is 12.7. The van der Waals surface area contributed by atoms with Gasteiger partial charge in [0, 0.05) is 31.7 Å². The van der Waals surface area contributed by atoms with Crippen LogP contribution in [0.5, 0.6) is 5.75 Å². The molecule has 1 aromatic rings. The Bertz CT molecular complexity index is 434. The Balaban J connectivity index is 2.34. The Morgan fingerprint density at radius 2 is 1.86 bits per heavy atom. The highest BCUT2D eigenvalue weighted by atomic mass is 16.5. The molecule has 0 atom stereocenters. The quantitative estimate of drug-likeness (QED) is 0.677. The molecular formula is C17H25NO3. The number of aliphatic hydroxyl groups excluding tert-OH is 2. The van der Waals surface area contributed by atoms with Crippen molar-refractivity contribution in [3.05, 3.63) is 29.8 Å². The van der Waals surface area contributed by atoms with Crippen molar-refractivity contribution >= 4 is 0 Å². The average molecular weight is 291 g/mol. The fourth-order valence-corrected chi connectivity index (χ4v) is 1.87. The molecule has 0 unspecified atom stereocenters. The number of likely N-dealkylation sites (N-methyl/N-ethyl adjacent to an activating group) is 1. The first kappa shape index (κ1) is 17.5. The average Bonchev–Trinajstić information content (AvgIpc) is 2.52. The molecule has 0 aromatic heterocycles. The Morgan fingerprint density at radius 1 is 1.10 bits per heavy atom. The number of ether oxygens (including phenoxy) is 1. The molecule has 1 aromatic carbocycles. The Labute approximate surface area is 127 Å². The van der Waals surface area contributed by atoms with E-state index in [0.717, 1.165) is 37.4 Å². The van der Waals surface area contributed by atoms with Gasteiger partial charge in [0.2, 0.25) is 0 Å². The molecule has 1 rings (SSSR count). The standard InChI is InChI=1S/C17H25NO3/c1-2-18(11-5-14-20)12-15-21-17-9-7-16(8-10-17)6-3-4-13-19/h7-10,19-20H,2,4-5,11-15H2,1H3. The molecule has 2 N–H and O–H groups in total. The van der Waals surface area contributed by atoms with Gasteiger partial charge in [-0.05, 0) is 37.2 Å². The molecule has 0 aliphatic carbocycles. The Kier molecular flexibility index (Phi) is 9.30. The van der Waals surface area contributed by atoms with E-state index in [4.69, 9.17) is 14.9 Å². The number of hydrogen-bond acceptors (Lipinski definition) is 4. The first-order chi connectivity index (χ1) is 10.3. The highest BCUT2D eigenvalue weighted by molar-refractivity contribution is 5.38. The molecule has 116 valence electrons. The molecule has 0 amide bonds. The van der Waals surface area contributed by atoms with Gasteiger partial charge >= 0.3 is 0 Å². The minimum Gasteiger partial charge on any atom is -0.492 e. The van der Waals surface area contributed by atoms with Crippen molar-refractivity contribution in [1.82, 2.24) is 4.90 Å². The summed E-state index contributed by atoms with van der Waals surface area (Å²) in [6.45, 7) is 5.79. The van der Waals surface area contributed by atoms with Crippen LogP contribution in [0.1, 0.15) is 25.3 Å². The number of benzene rings is 1. The number of nitrogens with zero attached hydrogens (tertiary/aromatic N) is 1. The maximum absolute atomic E-state index is 8.83. The van der Waals surface area contributed by atoms with Gasteiger partial charge < -0.3 is 19.8 Å². The smallest absolute Gasteiger partial charge is 0.119 e. The van der Waals surface area contributed by atoms with Gasteiger partial charge in [-0.2, -0.15) is 0 Å². The number of rotatable bonds is 9. The molecule has 0 fully saturated rings. The van der Waals surface area contributed by atoms with Gasteiger partial charge in [0.25, 0.3) is 0 Å². The van der Waals surface area contributed by atoms with Crippen LogP contribution in [0.2, 0.25) is 0 Å². The molecule has 0 spiro atoms. The molecule has 0 saturated carbocycles. The first-order valence-corrected chi connectivity index (χ1v) is 7.46. The van der Waals surface area contributed by atoms with E-state index in [1.165, 1.54) is 0 Å². The molecule has 21 heavy (non-hydrogen) atoms. The van der Waals surface area contributed by atoms with Crippen LogP contribution in [0.4, 0.5) is 0 Å². The fourth-order valence-electron chi connectivity index (χ4n) is 1.87. The van der Waals surface area contributed by atoms with Crippen molar-refractivity contribution in [2.24, 2.45) is 0 Å². The SMILES string of the molecule is CCN(CCCO)CCOc1ccc(C#CCCO)cc1. The summed E-state index contributed by atoms with van der Waals surface area (Å²) in [4.78, 5) is 2.25. The van der Waals surface area contributed by atoms with Gasteiger partial charge in [-0.25, -0.2) is 0 Å². The lowest BCUT2D eigenvalue weighted by molar-refractivity contribution is 0.195. The summed E-state index contributed by atoms with van der Waals surface area (Å²) < 4.78 is 5.71. The van der Waals surface area contributed by atoms with Gasteiger partial charge in [0.1, 0.15) is 12.4 Å². The second kappa shape index (κ2) is 11.2. The largest absolute Gasteiger partial charge is 0.492 e. The summed E-state index contributed by atoms with van der Waals surface area (Å²) in [5.41, 5.74) is 0.925. The monoisotopic (exact) mass is 291 g/mol. The minimum absolute atomic E-state index is 0.0956. The van der Waals surface area contributed by atoms with Crippen LogP contribution in [0.25, 0.3) is 0 Å². The maximum Gasteiger partial charge on any atom is 0.119 e. The normalized spacial score (nSPS) is 10.3. The summed E-state index contributed by atoms with van der Waals surface area (Å²) in [6, 6.07) is 7.66. The molecule has 0 radical (unpaired) electrons. The van der Waals surface area contributed by atoms with Crippen LogP contribution in [-0.2, 0) is 0 Å². The van der Waals surface area contributed by atoms with Gasteiger partial charge in [-0.1, -0.05) is 18.8 Å². The molecule has 0 heterocycles. The van der Waals surface area contributed by atoms with E-state index in [1.807, 2.05) is 24.3 Å². The Hall–Kier alpha value is -1.54. The minimum atomic E-state index is 0.0956. The molecule has 0 bridgehead atoms. The highest BCUT2D eigenvalue weighted by Gasteiger charge is 2.02. The second-order valence-electron chi connectivity index (χ2n) is 4.66. The van der Waals surface area contributed by atoms with E-state index in [-0.39, 0.29) is 13.2 Å². The zero-order valence-corrected chi connectivity index (χ0v) is 12.7. The summed E-state index contributed by atoms with van der Waals surface area (Å²) in [7, 11) is 0. The van der Waals surface area contributed by atoms with Crippen LogP contribution in [0.3, 0.4) is 0 Å². The number of aliphatic hydroxyl groups is 2. The zero-order chi connectivity index (χ0) is 15.3. The molecule has 4 nitrogen and oxygen atoms in total. The number of hydrogen-bond donors (Lipinski definition) is 2. The third-order valence-electron chi connectivity index (χ3n) is 3.08. The lowest BCUT2D eigenvalue weighted by atomic mass is 10.2. The summed E-state index contributed by atoms with van der Waals surface area (Å²) >= 11 is 0. The first-order valence-electron chi connectivity index (χ1n) is 7.46. The van der Waals surface area contributed by atoms with Gasteiger partial charge in [0.05, 0.1) is 6.61 Å². The summed E-state index contributed by atoms with van der Waals surface area (Å²) in [5.74, 6) is 6.70. The van der Waals surface area contributed by atoms with E-state index in [0.29, 0.717) is 13.0 Å². The molecule has 0 saturated heterocycles. The molecule has 4 heteroatoms. The van der Waals surface area contributed by atoms with Crippen molar-refractivity contribution in [3.63, 3.8) is 0 Å². The summed E-state index contributed by atoms with van der Waals surface area (Å²) in [5, 5.41) is 17.5. The van der Waals surface area contributed by atoms with Crippen molar-refractivity contribution < 1.29 is 14.9 Å². The van der Waals surface area contributed by atoms with E-state index in [1.54, 1.807) is 0 Å². The van der Waals surface area contributed by atoms with Crippen LogP contribution in [-0.4, -0.2) is 54.6 Å². The van der Waals surface area contributed by atoms with E-state index in [9.17, 15) is 0 Å². The third kappa shape index (κ3) is 7.72. The topological polar surface area (TPSA) is 52.9 Å². The second-order valence-corrected chi connectivity index (χ2v) is 4.66. The van der Waals surface area contributed by atoms with Crippen LogP contribution in [0.15, 0.2) is 24.3 Å². The van der Waals surface area contributed by atoms with Crippen LogP contribution in [0, 0.1) is 11.8 Å². The van der Waals surface area contributed by atoms with Gasteiger partial charge in [0.15, 0.2) is 0 Å². The Morgan fingerprint density at radius 3 is 2.48 bits per heavy atom. The molecule has 0 aliphatic heterocycles.